The predicted molar refractivity (Wildman–Crippen MR) is 107 cm³/mol. The van der Waals surface area contributed by atoms with Crippen molar-refractivity contribution < 1.29 is 9.59 Å². The van der Waals surface area contributed by atoms with E-state index in [4.69, 9.17) is 0 Å². The molecule has 0 spiro atoms. The monoisotopic (exact) mass is 385 g/mol. The molecular formula is C19H19N3O2S2. The van der Waals surface area contributed by atoms with E-state index in [9.17, 15) is 9.59 Å². The molecule has 26 heavy (non-hydrogen) atoms. The molecule has 0 saturated heterocycles. The summed E-state index contributed by atoms with van der Waals surface area (Å²) >= 11 is 3.01. The van der Waals surface area contributed by atoms with Crippen LogP contribution in [-0.4, -0.2) is 22.8 Å². The Bertz CT molecular complexity index is 903. The van der Waals surface area contributed by atoms with E-state index in [1.807, 2.05) is 30.7 Å². The lowest BCUT2D eigenvalue weighted by Gasteiger charge is -2.14. The van der Waals surface area contributed by atoms with Crippen LogP contribution in [0.1, 0.15) is 41.1 Å². The molecule has 2 aromatic heterocycles. The average Bonchev–Trinajstić information content (AvgIpc) is 3.33. The first-order chi connectivity index (χ1) is 12.6. The number of anilines is 1. The zero-order valence-electron chi connectivity index (χ0n) is 14.5. The van der Waals surface area contributed by atoms with Crippen LogP contribution in [0.3, 0.4) is 0 Å². The lowest BCUT2D eigenvalue weighted by molar-refractivity contribution is 0.0940. The number of para-hydroxylation sites is 1. The van der Waals surface area contributed by atoms with Crippen molar-refractivity contribution in [1.82, 2.24) is 10.3 Å². The number of hydrogen-bond acceptors (Lipinski definition) is 5. The zero-order chi connectivity index (χ0) is 18.5. The van der Waals surface area contributed by atoms with Gasteiger partial charge in [0.25, 0.3) is 11.8 Å². The Hall–Kier alpha value is -2.51. The minimum absolute atomic E-state index is 0.0676. The van der Waals surface area contributed by atoms with E-state index in [2.05, 4.69) is 15.6 Å². The molecule has 0 saturated carbocycles. The van der Waals surface area contributed by atoms with Gasteiger partial charge in [0.05, 0.1) is 11.3 Å². The first-order valence-electron chi connectivity index (χ1n) is 8.27. The number of rotatable bonds is 6. The maximum absolute atomic E-state index is 12.6. The van der Waals surface area contributed by atoms with Gasteiger partial charge in [-0.25, -0.2) is 4.98 Å². The van der Waals surface area contributed by atoms with Crippen LogP contribution in [0.4, 0.5) is 5.69 Å². The normalized spacial score (nSPS) is 11.8. The van der Waals surface area contributed by atoms with E-state index in [0.29, 0.717) is 16.9 Å². The van der Waals surface area contributed by atoms with Gasteiger partial charge in [-0.3, -0.25) is 9.59 Å². The lowest BCUT2D eigenvalue weighted by atomic mass is 10.1. The standard InChI is InChI=1S/C19H19N3O2S2/c1-3-12(2)20-17(23)14-6-4-5-7-15(14)21-18(24)16-11-26-19(22-16)13-8-9-25-10-13/h4-12H,3H2,1-2H3,(H,20,23)(H,21,24). The molecule has 1 unspecified atom stereocenters. The Kier molecular flexibility index (Phi) is 5.80. The van der Waals surface area contributed by atoms with E-state index in [-0.39, 0.29) is 17.9 Å². The predicted octanol–water partition coefficient (Wildman–Crippen LogP) is 4.65. The summed E-state index contributed by atoms with van der Waals surface area (Å²) in [7, 11) is 0. The Morgan fingerprint density at radius 2 is 1.96 bits per heavy atom. The van der Waals surface area contributed by atoms with E-state index in [1.165, 1.54) is 11.3 Å². The van der Waals surface area contributed by atoms with Crippen molar-refractivity contribution >= 4 is 40.2 Å². The Labute approximate surface area is 160 Å². The first-order valence-corrected chi connectivity index (χ1v) is 10.1. The molecule has 2 heterocycles. The van der Waals surface area contributed by atoms with Gasteiger partial charge in [-0.15, -0.1) is 11.3 Å². The first kappa shape index (κ1) is 18.3. The second kappa shape index (κ2) is 8.25. The van der Waals surface area contributed by atoms with Gasteiger partial charge in [0.2, 0.25) is 0 Å². The highest BCUT2D eigenvalue weighted by atomic mass is 32.1. The highest BCUT2D eigenvalue weighted by Gasteiger charge is 2.17. The molecule has 2 N–H and O–H groups in total. The molecule has 1 atom stereocenters. The number of thiazole rings is 1. The molecular weight excluding hydrogens is 366 g/mol. The van der Waals surface area contributed by atoms with E-state index in [1.54, 1.807) is 41.0 Å². The van der Waals surface area contributed by atoms with Gasteiger partial charge in [0.15, 0.2) is 0 Å². The number of amides is 2. The average molecular weight is 386 g/mol. The minimum Gasteiger partial charge on any atom is -0.350 e. The zero-order valence-corrected chi connectivity index (χ0v) is 16.1. The van der Waals surface area contributed by atoms with E-state index < -0.39 is 0 Å². The van der Waals surface area contributed by atoms with Crippen LogP contribution in [0.2, 0.25) is 0 Å². The molecule has 1 aromatic carbocycles. The highest BCUT2D eigenvalue weighted by molar-refractivity contribution is 7.14. The van der Waals surface area contributed by atoms with Crippen molar-refractivity contribution in [2.24, 2.45) is 0 Å². The van der Waals surface area contributed by atoms with E-state index >= 15 is 0 Å². The molecule has 0 aliphatic carbocycles. The fourth-order valence-corrected chi connectivity index (χ4v) is 3.79. The summed E-state index contributed by atoms with van der Waals surface area (Å²) in [5, 5.41) is 12.2. The van der Waals surface area contributed by atoms with E-state index in [0.717, 1.165) is 17.0 Å². The summed E-state index contributed by atoms with van der Waals surface area (Å²) in [5.41, 5.74) is 2.26. The number of aromatic nitrogens is 1. The summed E-state index contributed by atoms with van der Waals surface area (Å²) in [6, 6.07) is 9.02. The third-order valence-electron chi connectivity index (χ3n) is 3.91. The largest absolute Gasteiger partial charge is 0.350 e. The van der Waals surface area contributed by atoms with Gasteiger partial charge in [-0.2, -0.15) is 11.3 Å². The fourth-order valence-electron chi connectivity index (χ4n) is 2.28. The van der Waals surface area contributed by atoms with Gasteiger partial charge < -0.3 is 10.6 Å². The van der Waals surface area contributed by atoms with Crippen LogP contribution in [0.15, 0.2) is 46.5 Å². The number of thiophene rings is 1. The van der Waals surface area contributed by atoms with Crippen LogP contribution in [0, 0.1) is 0 Å². The van der Waals surface area contributed by atoms with Crippen molar-refractivity contribution in [3.8, 4) is 10.6 Å². The SMILES string of the molecule is CCC(C)NC(=O)c1ccccc1NC(=O)c1csc(-c2ccsc2)n1. The molecule has 3 rings (SSSR count). The summed E-state index contributed by atoms with van der Waals surface area (Å²) in [6.45, 7) is 3.95. The van der Waals surface area contributed by atoms with Crippen LogP contribution < -0.4 is 10.6 Å². The summed E-state index contributed by atoms with van der Waals surface area (Å²) in [5.74, 6) is -0.529. The third kappa shape index (κ3) is 4.17. The fraction of sp³-hybridized carbons (Fsp3) is 0.211. The highest BCUT2D eigenvalue weighted by Crippen LogP contribution is 2.26. The summed E-state index contributed by atoms with van der Waals surface area (Å²) in [6.07, 6.45) is 0.838. The van der Waals surface area contributed by atoms with Crippen LogP contribution in [0.5, 0.6) is 0 Å². The second-order valence-corrected chi connectivity index (χ2v) is 7.47. The van der Waals surface area contributed by atoms with Crippen LogP contribution >= 0.6 is 22.7 Å². The molecule has 0 aliphatic heterocycles. The second-order valence-electron chi connectivity index (χ2n) is 5.83. The lowest BCUT2D eigenvalue weighted by Crippen LogP contribution is -2.32. The van der Waals surface area contributed by atoms with Crippen molar-refractivity contribution in [1.29, 1.82) is 0 Å². The molecule has 2 amide bonds. The number of benzene rings is 1. The number of nitrogens with zero attached hydrogens (tertiary/aromatic N) is 1. The number of carbonyl (C=O) groups excluding carboxylic acids is 2. The van der Waals surface area contributed by atoms with Gasteiger partial charge >= 0.3 is 0 Å². The van der Waals surface area contributed by atoms with Gasteiger partial charge in [-0.1, -0.05) is 19.1 Å². The maximum Gasteiger partial charge on any atom is 0.275 e. The minimum atomic E-state index is -0.327. The summed E-state index contributed by atoms with van der Waals surface area (Å²) in [4.78, 5) is 29.4. The van der Waals surface area contributed by atoms with Crippen molar-refractivity contribution in [3.05, 3.63) is 57.7 Å². The van der Waals surface area contributed by atoms with Crippen molar-refractivity contribution in [2.45, 2.75) is 26.3 Å². The molecule has 0 fully saturated rings. The van der Waals surface area contributed by atoms with Gasteiger partial charge in [-0.05, 0) is 36.9 Å². The van der Waals surface area contributed by atoms with Gasteiger partial charge in [0.1, 0.15) is 10.7 Å². The van der Waals surface area contributed by atoms with Crippen LogP contribution in [-0.2, 0) is 0 Å². The smallest absolute Gasteiger partial charge is 0.275 e. The molecule has 0 aliphatic rings. The molecule has 3 aromatic rings. The molecule has 0 bridgehead atoms. The Morgan fingerprint density at radius 3 is 2.69 bits per heavy atom. The van der Waals surface area contributed by atoms with Crippen molar-refractivity contribution in [2.75, 3.05) is 5.32 Å². The third-order valence-corrected chi connectivity index (χ3v) is 5.49. The Balaban J connectivity index is 1.77. The van der Waals surface area contributed by atoms with Crippen molar-refractivity contribution in [3.63, 3.8) is 0 Å². The van der Waals surface area contributed by atoms with Gasteiger partial charge in [0, 0.05) is 22.4 Å². The quantitative estimate of drug-likeness (QED) is 0.649. The molecule has 5 nitrogen and oxygen atoms in total. The number of carbonyl (C=O) groups is 2. The molecule has 134 valence electrons. The van der Waals surface area contributed by atoms with Crippen LogP contribution in [0.25, 0.3) is 10.6 Å². The molecule has 7 heteroatoms. The molecule has 0 radical (unpaired) electrons. The summed E-state index contributed by atoms with van der Waals surface area (Å²) < 4.78 is 0. The number of hydrogen-bond donors (Lipinski definition) is 2. The Morgan fingerprint density at radius 1 is 1.15 bits per heavy atom. The maximum atomic E-state index is 12.6. The topological polar surface area (TPSA) is 71.1 Å². The number of nitrogens with one attached hydrogen (secondary N) is 2.